The lowest BCUT2D eigenvalue weighted by atomic mass is 10.1. The molecule has 0 aromatic heterocycles. The van der Waals surface area contributed by atoms with Gasteiger partial charge in [-0.3, -0.25) is 4.79 Å². The Bertz CT molecular complexity index is 811. The Morgan fingerprint density at radius 3 is 2.29 bits per heavy atom. The summed E-state index contributed by atoms with van der Waals surface area (Å²) in [4.78, 5) is 12.4. The molecule has 1 amide bonds. The number of aryl methyl sites for hydroxylation is 1. The zero-order chi connectivity index (χ0) is 19.9. The van der Waals surface area contributed by atoms with Gasteiger partial charge in [-0.2, -0.15) is 0 Å². The van der Waals surface area contributed by atoms with Crippen LogP contribution < -0.4 is 29.0 Å². The first-order valence-corrected chi connectivity index (χ1v) is 9.13. The second-order valence-electron chi connectivity index (χ2n) is 6.29. The second kappa shape index (κ2) is 9.21. The van der Waals surface area contributed by atoms with Gasteiger partial charge in [-0.1, -0.05) is 0 Å². The summed E-state index contributed by atoms with van der Waals surface area (Å²) in [6.07, 6.45) is 1.69. The predicted octanol–water partition coefficient (Wildman–Crippen LogP) is 3.45. The van der Waals surface area contributed by atoms with E-state index in [4.69, 9.17) is 23.7 Å². The van der Waals surface area contributed by atoms with E-state index in [0.29, 0.717) is 60.5 Å². The van der Waals surface area contributed by atoms with E-state index in [2.05, 4.69) is 5.32 Å². The first-order chi connectivity index (χ1) is 13.6. The molecule has 3 rings (SSSR count). The molecule has 7 heteroatoms. The van der Waals surface area contributed by atoms with Crippen LogP contribution in [0.25, 0.3) is 0 Å². The summed E-state index contributed by atoms with van der Waals surface area (Å²) in [5.41, 5.74) is 1.60. The molecule has 2 aromatic rings. The minimum Gasteiger partial charge on any atom is -0.493 e. The van der Waals surface area contributed by atoms with Crippen LogP contribution in [0.1, 0.15) is 18.4 Å². The van der Waals surface area contributed by atoms with E-state index in [9.17, 15) is 4.79 Å². The Morgan fingerprint density at radius 2 is 1.64 bits per heavy atom. The molecule has 0 bridgehead atoms. The predicted molar refractivity (Wildman–Crippen MR) is 105 cm³/mol. The number of rotatable bonds is 7. The lowest BCUT2D eigenvalue weighted by Gasteiger charge is -2.14. The Labute approximate surface area is 164 Å². The molecule has 1 aliphatic heterocycles. The molecular formula is C21H25NO6. The van der Waals surface area contributed by atoms with Crippen molar-refractivity contribution >= 4 is 11.6 Å². The number of anilines is 1. The fourth-order valence-corrected chi connectivity index (χ4v) is 3.00. The largest absolute Gasteiger partial charge is 0.493 e. The molecule has 1 heterocycles. The van der Waals surface area contributed by atoms with Gasteiger partial charge in [0.2, 0.25) is 11.7 Å². The van der Waals surface area contributed by atoms with Crippen molar-refractivity contribution in [2.24, 2.45) is 0 Å². The van der Waals surface area contributed by atoms with Gasteiger partial charge in [0, 0.05) is 24.6 Å². The van der Waals surface area contributed by atoms with Gasteiger partial charge >= 0.3 is 0 Å². The number of benzene rings is 2. The summed E-state index contributed by atoms with van der Waals surface area (Å²) < 4.78 is 27.3. The molecule has 0 radical (unpaired) electrons. The summed E-state index contributed by atoms with van der Waals surface area (Å²) in [7, 11) is 4.69. The number of carbonyl (C=O) groups is 1. The Hall–Kier alpha value is -3.09. The fourth-order valence-electron chi connectivity index (χ4n) is 3.00. The van der Waals surface area contributed by atoms with Crippen molar-refractivity contribution < 1.29 is 28.5 Å². The molecule has 0 saturated carbocycles. The Kier molecular flexibility index (Phi) is 6.47. The second-order valence-corrected chi connectivity index (χ2v) is 6.29. The maximum Gasteiger partial charge on any atom is 0.224 e. The standard InChI is InChI=1S/C21H25NO6/c1-24-18-11-14(12-19(25-2)21(18)26-3)5-8-20(23)22-15-6-7-16-17(13-15)28-10-4-9-27-16/h6-7,11-13H,4-5,8-10H2,1-3H3,(H,22,23). The Balaban J connectivity index is 1.64. The molecule has 2 aromatic carbocycles. The van der Waals surface area contributed by atoms with Crippen LogP contribution in [0.15, 0.2) is 30.3 Å². The molecule has 0 fully saturated rings. The molecule has 1 N–H and O–H groups in total. The number of methoxy groups -OCH3 is 3. The van der Waals surface area contributed by atoms with Crippen molar-refractivity contribution in [2.45, 2.75) is 19.3 Å². The Morgan fingerprint density at radius 1 is 0.964 bits per heavy atom. The van der Waals surface area contributed by atoms with Gasteiger partial charge in [-0.15, -0.1) is 0 Å². The average Bonchev–Trinajstić information content (AvgIpc) is 2.96. The van der Waals surface area contributed by atoms with Crippen LogP contribution in [0.3, 0.4) is 0 Å². The van der Waals surface area contributed by atoms with E-state index in [-0.39, 0.29) is 5.91 Å². The molecule has 28 heavy (non-hydrogen) atoms. The van der Waals surface area contributed by atoms with E-state index in [1.54, 1.807) is 27.4 Å². The number of carbonyl (C=O) groups excluding carboxylic acids is 1. The average molecular weight is 387 g/mol. The lowest BCUT2D eigenvalue weighted by molar-refractivity contribution is -0.116. The quantitative estimate of drug-likeness (QED) is 0.784. The van der Waals surface area contributed by atoms with E-state index in [1.165, 1.54) is 0 Å². The van der Waals surface area contributed by atoms with Gasteiger partial charge in [0.05, 0.1) is 34.5 Å². The summed E-state index contributed by atoms with van der Waals surface area (Å²) in [6.45, 7) is 1.24. The third-order valence-corrected chi connectivity index (χ3v) is 4.40. The highest BCUT2D eigenvalue weighted by atomic mass is 16.5. The van der Waals surface area contributed by atoms with Crippen LogP contribution in [0.4, 0.5) is 5.69 Å². The number of hydrogen-bond donors (Lipinski definition) is 1. The van der Waals surface area contributed by atoms with Gasteiger partial charge in [-0.05, 0) is 36.2 Å². The zero-order valence-corrected chi connectivity index (χ0v) is 16.4. The monoisotopic (exact) mass is 387 g/mol. The minimum absolute atomic E-state index is 0.0942. The molecular weight excluding hydrogens is 362 g/mol. The number of fused-ring (bicyclic) bond motifs is 1. The fraction of sp³-hybridized carbons (Fsp3) is 0.381. The van der Waals surface area contributed by atoms with E-state index >= 15 is 0 Å². The number of hydrogen-bond acceptors (Lipinski definition) is 6. The lowest BCUT2D eigenvalue weighted by Crippen LogP contribution is -2.12. The summed E-state index contributed by atoms with van der Waals surface area (Å²) in [5, 5.41) is 2.90. The van der Waals surface area contributed by atoms with Gasteiger partial charge in [0.1, 0.15) is 0 Å². The molecule has 1 aliphatic rings. The van der Waals surface area contributed by atoms with Crippen LogP contribution in [-0.4, -0.2) is 40.5 Å². The molecule has 0 unspecified atom stereocenters. The van der Waals surface area contributed by atoms with E-state index < -0.39 is 0 Å². The molecule has 7 nitrogen and oxygen atoms in total. The van der Waals surface area contributed by atoms with Crippen molar-refractivity contribution in [3.8, 4) is 28.7 Å². The molecule has 150 valence electrons. The van der Waals surface area contributed by atoms with Crippen molar-refractivity contribution in [2.75, 3.05) is 39.9 Å². The van der Waals surface area contributed by atoms with Crippen LogP contribution >= 0.6 is 0 Å². The summed E-state index contributed by atoms with van der Waals surface area (Å²) in [6, 6.07) is 9.11. The van der Waals surface area contributed by atoms with Crippen LogP contribution in [0, 0.1) is 0 Å². The van der Waals surface area contributed by atoms with Gasteiger partial charge in [0.15, 0.2) is 23.0 Å². The minimum atomic E-state index is -0.0942. The van der Waals surface area contributed by atoms with Crippen molar-refractivity contribution in [3.05, 3.63) is 35.9 Å². The normalized spacial score (nSPS) is 12.7. The van der Waals surface area contributed by atoms with Crippen molar-refractivity contribution in [1.82, 2.24) is 0 Å². The van der Waals surface area contributed by atoms with Crippen molar-refractivity contribution in [3.63, 3.8) is 0 Å². The molecule has 0 saturated heterocycles. The van der Waals surface area contributed by atoms with Crippen LogP contribution in [0.2, 0.25) is 0 Å². The highest BCUT2D eigenvalue weighted by Gasteiger charge is 2.15. The molecule has 0 spiro atoms. The molecule has 0 atom stereocenters. The smallest absolute Gasteiger partial charge is 0.224 e. The van der Waals surface area contributed by atoms with Gasteiger partial charge in [-0.25, -0.2) is 0 Å². The van der Waals surface area contributed by atoms with Crippen LogP contribution in [-0.2, 0) is 11.2 Å². The topological polar surface area (TPSA) is 75.3 Å². The highest BCUT2D eigenvalue weighted by Crippen LogP contribution is 2.38. The van der Waals surface area contributed by atoms with Crippen molar-refractivity contribution in [1.29, 1.82) is 0 Å². The van der Waals surface area contributed by atoms with E-state index in [1.807, 2.05) is 24.3 Å². The summed E-state index contributed by atoms with van der Waals surface area (Å²) >= 11 is 0. The number of amides is 1. The zero-order valence-electron chi connectivity index (χ0n) is 16.4. The highest BCUT2D eigenvalue weighted by molar-refractivity contribution is 5.91. The third-order valence-electron chi connectivity index (χ3n) is 4.40. The first-order valence-electron chi connectivity index (χ1n) is 9.13. The maximum absolute atomic E-state index is 12.4. The van der Waals surface area contributed by atoms with Crippen LogP contribution in [0.5, 0.6) is 28.7 Å². The summed E-state index contributed by atoms with van der Waals surface area (Å²) in [5.74, 6) is 2.93. The number of nitrogens with one attached hydrogen (secondary N) is 1. The van der Waals surface area contributed by atoms with Gasteiger partial charge in [0.25, 0.3) is 0 Å². The SMILES string of the molecule is COc1cc(CCC(=O)Nc2ccc3c(c2)OCCCO3)cc(OC)c1OC. The van der Waals surface area contributed by atoms with Gasteiger partial charge < -0.3 is 29.0 Å². The molecule has 0 aliphatic carbocycles. The first kappa shape index (κ1) is 19.7. The van der Waals surface area contributed by atoms with E-state index in [0.717, 1.165) is 12.0 Å². The maximum atomic E-state index is 12.4. The third kappa shape index (κ3) is 4.60. The number of ether oxygens (including phenoxy) is 5.